The van der Waals surface area contributed by atoms with Gasteiger partial charge in [-0.1, -0.05) is 29.8 Å². The third-order valence-electron chi connectivity index (χ3n) is 3.09. The molecule has 0 fully saturated rings. The van der Waals surface area contributed by atoms with Crippen LogP contribution in [0, 0.1) is 15.9 Å². The number of non-ortho nitro benzene ring substituents is 1. The van der Waals surface area contributed by atoms with Crippen molar-refractivity contribution in [2.24, 2.45) is 5.73 Å². The Morgan fingerprint density at radius 2 is 1.95 bits per heavy atom. The average molecular weight is 309 g/mol. The van der Waals surface area contributed by atoms with Gasteiger partial charge in [0.15, 0.2) is 0 Å². The second kappa shape index (κ2) is 6.65. The van der Waals surface area contributed by atoms with Crippen LogP contribution in [0.5, 0.6) is 0 Å². The number of nitro groups is 1. The number of hydrogen-bond acceptors (Lipinski definition) is 3. The van der Waals surface area contributed by atoms with Crippen molar-refractivity contribution < 1.29 is 9.31 Å². The van der Waals surface area contributed by atoms with E-state index in [0.29, 0.717) is 23.4 Å². The van der Waals surface area contributed by atoms with Gasteiger partial charge in [-0.2, -0.15) is 0 Å². The Balaban J connectivity index is 2.11. The van der Waals surface area contributed by atoms with Gasteiger partial charge in [0.25, 0.3) is 5.69 Å². The van der Waals surface area contributed by atoms with Crippen LogP contribution in [0.3, 0.4) is 0 Å². The van der Waals surface area contributed by atoms with Gasteiger partial charge in [-0.05, 0) is 36.1 Å². The molecule has 110 valence electrons. The van der Waals surface area contributed by atoms with Gasteiger partial charge < -0.3 is 5.73 Å². The quantitative estimate of drug-likeness (QED) is 0.679. The highest BCUT2D eigenvalue weighted by Gasteiger charge is 2.13. The third kappa shape index (κ3) is 4.24. The number of benzene rings is 2. The van der Waals surface area contributed by atoms with E-state index in [4.69, 9.17) is 17.3 Å². The van der Waals surface area contributed by atoms with Crippen molar-refractivity contribution in [2.45, 2.75) is 18.9 Å². The van der Waals surface area contributed by atoms with Crippen LogP contribution >= 0.6 is 11.6 Å². The minimum atomic E-state index is -0.635. The zero-order valence-electron chi connectivity index (χ0n) is 11.1. The molecule has 0 aliphatic rings. The summed E-state index contributed by atoms with van der Waals surface area (Å²) in [5.74, 6) is -0.635. The Bertz CT molecular complexity index is 664. The molecule has 0 spiro atoms. The number of hydrogen-bond donors (Lipinski definition) is 1. The molecule has 0 saturated carbocycles. The monoisotopic (exact) mass is 308 g/mol. The maximum atomic E-state index is 13.4. The molecule has 0 aliphatic carbocycles. The van der Waals surface area contributed by atoms with Crippen molar-refractivity contribution >= 4 is 17.3 Å². The normalized spacial score (nSPS) is 12.1. The molecule has 0 saturated heterocycles. The van der Waals surface area contributed by atoms with Crippen LogP contribution in [0.25, 0.3) is 0 Å². The van der Waals surface area contributed by atoms with E-state index < -0.39 is 10.7 Å². The van der Waals surface area contributed by atoms with E-state index >= 15 is 0 Å². The summed E-state index contributed by atoms with van der Waals surface area (Å²) in [6.45, 7) is 0. The molecule has 0 bridgehead atoms. The van der Waals surface area contributed by atoms with Crippen molar-refractivity contribution in [3.63, 3.8) is 0 Å². The molecule has 2 aromatic rings. The van der Waals surface area contributed by atoms with Crippen LogP contribution in [0.2, 0.25) is 5.02 Å². The first-order valence-corrected chi connectivity index (χ1v) is 6.76. The van der Waals surface area contributed by atoms with Gasteiger partial charge in [0.1, 0.15) is 5.82 Å². The largest absolute Gasteiger partial charge is 0.327 e. The lowest BCUT2D eigenvalue weighted by Crippen LogP contribution is -2.25. The van der Waals surface area contributed by atoms with E-state index in [1.165, 1.54) is 12.1 Å². The van der Waals surface area contributed by atoms with Crippen LogP contribution in [0.15, 0.2) is 42.5 Å². The highest BCUT2D eigenvalue weighted by molar-refractivity contribution is 6.31. The summed E-state index contributed by atoms with van der Waals surface area (Å²) in [5, 5.41) is 11.3. The molecule has 1 unspecified atom stereocenters. The third-order valence-corrected chi connectivity index (χ3v) is 3.46. The summed E-state index contributed by atoms with van der Waals surface area (Å²) < 4.78 is 13.4. The highest BCUT2D eigenvalue weighted by atomic mass is 35.5. The lowest BCUT2D eigenvalue weighted by Gasteiger charge is -2.13. The summed E-state index contributed by atoms with van der Waals surface area (Å²) in [5.41, 5.74) is 7.17. The number of rotatable bonds is 5. The van der Waals surface area contributed by atoms with E-state index in [1.54, 1.807) is 6.07 Å². The average Bonchev–Trinajstić information content (AvgIpc) is 2.40. The molecule has 2 rings (SSSR count). The van der Waals surface area contributed by atoms with Crippen molar-refractivity contribution in [3.8, 4) is 0 Å². The minimum absolute atomic E-state index is 0.269. The number of halogens is 2. The zero-order chi connectivity index (χ0) is 15.4. The first-order chi connectivity index (χ1) is 9.95. The molecule has 4 nitrogen and oxygen atoms in total. The molecule has 1 atom stereocenters. The molecular formula is C15H14ClFN2O2. The Hall–Kier alpha value is -1.98. The molecule has 2 N–H and O–H groups in total. The maximum absolute atomic E-state index is 13.4. The van der Waals surface area contributed by atoms with Gasteiger partial charge >= 0.3 is 0 Å². The van der Waals surface area contributed by atoms with Crippen LogP contribution in [-0.4, -0.2) is 11.0 Å². The predicted octanol–water partition coefficient (Wildman–Crippen LogP) is 3.50. The summed E-state index contributed by atoms with van der Waals surface area (Å²) in [7, 11) is 0. The van der Waals surface area contributed by atoms with Crippen molar-refractivity contribution in [3.05, 3.63) is 74.5 Å². The lowest BCUT2D eigenvalue weighted by atomic mass is 9.99. The summed E-state index contributed by atoms with van der Waals surface area (Å²) in [6, 6.07) is 10.5. The minimum Gasteiger partial charge on any atom is -0.327 e. The number of nitrogens with two attached hydrogens (primary N) is 1. The molecule has 0 heterocycles. The Labute approximate surface area is 126 Å². The van der Waals surface area contributed by atoms with Crippen molar-refractivity contribution in [1.82, 2.24) is 0 Å². The van der Waals surface area contributed by atoms with E-state index in [-0.39, 0.29) is 11.7 Å². The van der Waals surface area contributed by atoms with Crippen molar-refractivity contribution in [2.75, 3.05) is 0 Å². The van der Waals surface area contributed by atoms with Crippen LogP contribution in [0.1, 0.15) is 11.1 Å². The fourth-order valence-corrected chi connectivity index (χ4v) is 2.39. The standard InChI is InChI=1S/C15H14ClFN2O2/c16-15-4-2-1-3-11(15)8-13(18)6-10-5-12(17)9-14(7-10)19(20)21/h1-5,7,9,13H,6,8,18H2. The molecule has 0 aliphatic heterocycles. The van der Waals surface area contributed by atoms with E-state index in [2.05, 4.69) is 0 Å². The van der Waals surface area contributed by atoms with E-state index in [0.717, 1.165) is 11.6 Å². The summed E-state index contributed by atoms with van der Waals surface area (Å²) in [4.78, 5) is 10.1. The van der Waals surface area contributed by atoms with Gasteiger partial charge in [-0.15, -0.1) is 0 Å². The van der Waals surface area contributed by atoms with E-state index in [1.807, 2.05) is 18.2 Å². The fourth-order valence-electron chi connectivity index (χ4n) is 2.18. The molecular weight excluding hydrogens is 295 g/mol. The smallest absolute Gasteiger partial charge is 0.272 e. The second-order valence-corrected chi connectivity index (χ2v) is 5.24. The number of nitrogens with zero attached hydrogens (tertiary/aromatic N) is 1. The summed E-state index contributed by atoms with van der Waals surface area (Å²) >= 11 is 6.06. The molecule has 0 radical (unpaired) electrons. The Morgan fingerprint density at radius 1 is 1.24 bits per heavy atom. The zero-order valence-corrected chi connectivity index (χ0v) is 11.9. The van der Waals surface area contributed by atoms with Gasteiger partial charge in [-0.25, -0.2) is 4.39 Å². The first kappa shape index (κ1) is 15.4. The first-order valence-electron chi connectivity index (χ1n) is 6.38. The van der Waals surface area contributed by atoms with Crippen LogP contribution in [-0.2, 0) is 12.8 Å². The van der Waals surface area contributed by atoms with Gasteiger partial charge in [-0.3, -0.25) is 10.1 Å². The summed E-state index contributed by atoms with van der Waals surface area (Å²) in [6.07, 6.45) is 0.855. The molecule has 0 amide bonds. The fraction of sp³-hybridized carbons (Fsp3) is 0.200. The SMILES string of the molecule is NC(Cc1cc(F)cc([N+](=O)[O-])c1)Cc1ccccc1Cl. The molecule has 21 heavy (non-hydrogen) atoms. The van der Waals surface area contributed by atoms with E-state index in [9.17, 15) is 14.5 Å². The highest BCUT2D eigenvalue weighted by Crippen LogP contribution is 2.20. The Kier molecular flexibility index (Phi) is 4.88. The Morgan fingerprint density at radius 3 is 2.62 bits per heavy atom. The molecule has 0 aromatic heterocycles. The van der Waals surface area contributed by atoms with Crippen LogP contribution < -0.4 is 5.73 Å². The molecule has 2 aromatic carbocycles. The maximum Gasteiger partial charge on any atom is 0.272 e. The van der Waals surface area contributed by atoms with Gasteiger partial charge in [0, 0.05) is 17.1 Å². The van der Waals surface area contributed by atoms with Gasteiger partial charge in [0.2, 0.25) is 0 Å². The lowest BCUT2D eigenvalue weighted by molar-refractivity contribution is -0.385. The van der Waals surface area contributed by atoms with Crippen LogP contribution in [0.4, 0.5) is 10.1 Å². The predicted molar refractivity (Wildman–Crippen MR) is 79.9 cm³/mol. The van der Waals surface area contributed by atoms with Gasteiger partial charge in [0.05, 0.1) is 11.0 Å². The topological polar surface area (TPSA) is 69.2 Å². The van der Waals surface area contributed by atoms with Crippen molar-refractivity contribution in [1.29, 1.82) is 0 Å². The second-order valence-electron chi connectivity index (χ2n) is 4.83. The molecule has 6 heteroatoms. The number of nitro benzene ring substituents is 1.